The highest BCUT2D eigenvalue weighted by Crippen LogP contribution is 2.17. The van der Waals surface area contributed by atoms with Gasteiger partial charge >= 0.3 is 0 Å². The van der Waals surface area contributed by atoms with Crippen LogP contribution in [0.5, 0.6) is 17.2 Å². The molecule has 1 aromatic heterocycles. The van der Waals surface area contributed by atoms with E-state index < -0.39 is 11.8 Å². The third-order valence-electron chi connectivity index (χ3n) is 4.61. The first-order valence-electron chi connectivity index (χ1n) is 10.3. The molecule has 0 saturated carbocycles. The summed E-state index contributed by atoms with van der Waals surface area (Å²) in [5.74, 6) is 1.52. The van der Waals surface area contributed by atoms with E-state index in [9.17, 15) is 9.59 Å². The van der Waals surface area contributed by atoms with Gasteiger partial charge in [0, 0.05) is 11.6 Å². The molecule has 0 aliphatic heterocycles. The number of amides is 2. The van der Waals surface area contributed by atoms with Crippen molar-refractivity contribution in [2.45, 2.75) is 13.0 Å². The van der Waals surface area contributed by atoms with Crippen LogP contribution in [0.4, 0.5) is 0 Å². The minimum absolute atomic E-state index is 0.0436. The number of methoxy groups -OCH3 is 2. The van der Waals surface area contributed by atoms with E-state index in [0.717, 1.165) is 5.75 Å². The van der Waals surface area contributed by atoms with Crippen molar-refractivity contribution in [1.82, 2.24) is 10.6 Å². The second kappa shape index (κ2) is 11.4. The Morgan fingerprint density at radius 2 is 1.55 bits per heavy atom. The van der Waals surface area contributed by atoms with E-state index in [4.69, 9.17) is 18.6 Å². The molecule has 0 spiro atoms. The maximum atomic E-state index is 12.9. The van der Waals surface area contributed by atoms with Crippen molar-refractivity contribution in [2.75, 3.05) is 20.8 Å². The van der Waals surface area contributed by atoms with E-state index in [-0.39, 0.29) is 18.3 Å². The fourth-order valence-electron chi connectivity index (χ4n) is 2.85. The number of ether oxygens (including phenoxy) is 3. The lowest BCUT2D eigenvalue weighted by atomic mass is 10.2. The topological polar surface area (TPSA) is 99.0 Å². The van der Waals surface area contributed by atoms with E-state index in [1.807, 2.05) is 0 Å². The third kappa shape index (κ3) is 6.90. The maximum Gasteiger partial charge on any atom is 0.268 e. The molecule has 0 radical (unpaired) electrons. The summed E-state index contributed by atoms with van der Waals surface area (Å²) >= 11 is 0. The van der Waals surface area contributed by atoms with Gasteiger partial charge in [-0.25, -0.2) is 0 Å². The van der Waals surface area contributed by atoms with E-state index in [1.54, 1.807) is 81.8 Å². The minimum Gasteiger partial charge on any atom is -0.497 e. The molecule has 0 aliphatic carbocycles. The first kappa shape index (κ1) is 23.5. The van der Waals surface area contributed by atoms with E-state index >= 15 is 0 Å². The second-order valence-electron chi connectivity index (χ2n) is 7.12. The first-order valence-corrected chi connectivity index (χ1v) is 10.3. The Morgan fingerprint density at radius 3 is 2.12 bits per heavy atom. The largest absolute Gasteiger partial charge is 0.497 e. The second-order valence-corrected chi connectivity index (χ2v) is 7.12. The number of carbonyl (C=O) groups is 2. The Morgan fingerprint density at radius 1 is 0.939 bits per heavy atom. The Bertz CT molecular complexity index is 1070. The van der Waals surface area contributed by atoms with Gasteiger partial charge < -0.3 is 29.3 Å². The minimum atomic E-state index is -0.473. The number of hydrogen-bond acceptors (Lipinski definition) is 6. The highest BCUT2D eigenvalue weighted by atomic mass is 16.5. The van der Waals surface area contributed by atoms with Crippen LogP contribution < -0.4 is 24.8 Å². The summed E-state index contributed by atoms with van der Waals surface area (Å²) in [4.78, 5) is 25.6. The molecule has 0 fully saturated rings. The number of carbonyl (C=O) groups excluding carboxylic acids is 2. The summed E-state index contributed by atoms with van der Waals surface area (Å²) in [6.45, 7) is 2.04. The molecule has 2 amide bonds. The zero-order valence-corrected chi connectivity index (χ0v) is 18.7. The van der Waals surface area contributed by atoms with Gasteiger partial charge in [-0.15, -0.1) is 0 Å². The van der Waals surface area contributed by atoms with E-state index in [2.05, 4.69) is 10.6 Å². The van der Waals surface area contributed by atoms with Gasteiger partial charge in [0.05, 0.1) is 26.5 Å². The molecule has 172 valence electrons. The summed E-state index contributed by atoms with van der Waals surface area (Å²) in [5, 5.41) is 5.48. The smallest absolute Gasteiger partial charge is 0.268 e. The number of furan rings is 1. The van der Waals surface area contributed by atoms with Crippen molar-refractivity contribution >= 4 is 17.9 Å². The zero-order valence-electron chi connectivity index (χ0n) is 18.7. The third-order valence-corrected chi connectivity index (χ3v) is 4.61. The van der Waals surface area contributed by atoms with Gasteiger partial charge in [0.25, 0.3) is 11.8 Å². The molecule has 0 bridgehead atoms. The predicted molar refractivity (Wildman–Crippen MR) is 123 cm³/mol. The lowest BCUT2D eigenvalue weighted by Crippen LogP contribution is -2.41. The molecule has 8 heteroatoms. The Hall–Kier alpha value is -4.20. The average Bonchev–Trinajstić information content (AvgIpc) is 3.35. The normalized spacial score (nSPS) is 11.9. The van der Waals surface area contributed by atoms with Gasteiger partial charge in [0.15, 0.2) is 0 Å². The fourth-order valence-corrected chi connectivity index (χ4v) is 2.85. The standard InChI is InChI=1S/C25H26N2O6/c1-17(16-33-21-12-10-20(31-3)11-13-21)26-25(29)23(15-22-5-4-14-32-22)27-24(28)18-6-8-19(30-2)9-7-18/h4-15,17H,16H2,1-3H3,(H,26,29)(H,27,28)/b23-15-. The highest BCUT2D eigenvalue weighted by Gasteiger charge is 2.17. The van der Waals surface area contributed by atoms with Crippen LogP contribution in [-0.4, -0.2) is 38.7 Å². The van der Waals surface area contributed by atoms with Crippen LogP contribution in [0.1, 0.15) is 23.0 Å². The molecule has 1 atom stereocenters. The van der Waals surface area contributed by atoms with Crippen molar-refractivity contribution in [1.29, 1.82) is 0 Å². The Balaban J connectivity index is 1.65. The summed E-state index contributed by atoms with van der Waals surface area (Å²) in [6, 6.07) is 16.7. The van der Waals surface area contributed by atoms with Gasteiger partial charge in [-0.2, -0.15) is 0 Å². The summed E-state index contributed by atoms with van der Waals surface area (Å²) in [7, 11) is 3.14. The zero-order chi connectivity index (χ0) is 23.6. The molecule has 0 saturated heterocycles. The average molecular weight is 450 g/mol. The first-order chi connectivity index (χ1) is 16.0. The Labute approximate surface area is 192 Å². The molecule has 2 N–H and O–H groups in total. The molecule has 1 unspecified atom stereocenters. The van der Waals surface area contributed by atoms with Crippen LogP contribution in [0.3, 0.4) is 0 Å². The lowest BCUT2D eigenvalue weighted by Gasteiger charge is -2.17. The van der Waals surface area contributed by atoms with Gasteiger partial charge in [0.1, 0.15) is 35.3 Å². The van der Waals surface area contributed by atoms with Gasteiger partial charge in [-0.3, -0.25) is 9.59 Å². The number of rotatable bonds is 10. The molecule has 0 aliphatic rings. The van der Waals surface area contributed by atoms with Crippen molar-refractivity contribution in [2.24, 2.45) is 0 Å². The van der Waals surface area contributed by atoms with Crippen molar-refractivity contribution in [3.05, 3.63) is 83.9 Å². The molecule has 8 nitrogen and oxygen atoms in total. The molecular formula is C25H26N2O6. The van der Waals surface area contributed by atoms with Crippen LogP contribution in [0, 0.1) is 0 Å². The van der Waals surface area contributed by atoms with Gasteiger partial charge in [-0.1, -0.05) is 0 Å². The molecule has 2 aromatic carbocycles. The van der Waals surface area contributed by atoms with Gasteiger partial charge in [0.2, 0.25) is 0 Å². The molecular weight excluding hydrogens is 424 g/mol. The summed E-state index contributed by atoms with van der Waals surface area (Å²) in [5.41, 5.74) is 0.423. The number of nitrogens with one attached hydrogen (secondary N) is 2. The maximum absolute atomic E-state index is 12.9. The predicted octanol–water partition coefficient (Wildman–Crippen LogP) is 3.65. The van der Waals surface area contributed by atoms with Crippen LogP contribution in [0.15, 0.2) is 77.0 Å². The Kier molecular flexibility index (Phi) is 8.13. The SMILES string of the molecule is COc1ccc(OCC(C)NC(=O)/C(=C/c2ccco2)NC(=O)c2ccc(OC)cc2)cc1. The van der Waals surface area contributed by atoms with E-state index in [1.165, 1.54) is 12.3 Å². The van der Waals surface area contributed by atoms with Crippen LogP contribution in [0.2, 0.25) is 0 Å². The number of benzene rings is 2. The van der Waals surface area contributed by atoms with E-state index in [0.29, 0.717) is 22.8 Å². The number of hydrogen-bond donors (Lipinski definition) is 2. The fraction of sp³-hybridized carbons (Fsp3) is 0.200. The van der Waals surface area contributed by atoms with Gasteiger partial charge in [-0.05, 0) is 67.6 Å². The van der Waals surface area contributed by atoms with Crippen molar-refractivity contribution < 1.29 is 28.2 Å². The summed E-state index contributed by atoms with van der Waals surface area (Å²) < 4.78 is 21.3. The van der Waals surface area contributed by atoms with Crippen molar-refractivity contribution in [3.63, 3.8) is 0 Å². The molecule has 1 heterocycles. The molecule has 3 rings (SSSR count). The molecule has 3 aromatic rings. The van der Waals surface area contributed by atoms with Crippen LogP contribution in [0.25, 0.3) is 6.08 Å². The molecule has 33 heavy (non-hydrogen) atoms. The monoisotopic (exact) mass is 450 g/mol. The van der Waals surface area contributed by atoms with Crippen molar-refractivity contribution in [3.8, 4) is 17.2 Å². The van der Waals surface area contributed by atoms with Crippen LogP contribution >= 0.6 is 0 Å². The highest BCUT2D eigenvalue weighted by molar-refractivity contribution is 6.05. The van der Waals surface area contributed by atoms with Crippen LogP contribution in [-0.2, 0) is 4.79 Å². The lowest BCUT2D eigenvalue weighted by molar-refractivity contribution is -0.118. The summed E-state index contributed by atoms with van der Waals surface area (Å²) in [6.07, 6.45) is 2.95. The quantitative estimate of drug-likeness (QED) is 0.458.